The molecule has 1 aromatic heterocycles. The number of hydrogen-bond donors (Lipinski definition) is 3. The van der Waals surface area contributed by atoms with Gasteiger partial charge < -0.3 is 14.4 Å². The fourth-order valence-electron chi connectivity index (χ4n) is 4.16. The number of aliphatic carboxylic acids is 1. The number of carbonyl (C=O) groups excluding carboxylic acids is 1. The summed E-state index contributed by atoms with van der Waals surface area (Å²) in [5.41, 5.74) is -2.98. The van der Waals surface area contributed by atoms with Gasteiger partial charge >= 0.3 is 18.2 Å². The second-order valence-corrected chi connectivity index (χ2v) is 12.8. The highest BCUT2D eigenvalue weighted by molar-refractivity contribution is 7.89. The molecule has 0 aliphatic rings. The molecule has 0 spiro atoms. The van der Waals surface area contributed by atoms with Crippen LogP contribution in [0.4, 0.5) is 33.7 Å². The van der Waals surface area contributed by atoms with Gasteiger partial charge in [-0.1, -0.05) is 11.2 Å². The molecule has 0 fully saturated rings. The van der Waals surface area contributed by atoms with E-state index < -0.39 is 73.2 Å². The number of aromatic nitrogens is 2. The zero-order valence-electron chi connectivity index (χ0n) is 25.0. The number of carboxylic acids is 1. The van der Waals surface area contributed by atoms with Gasteiger partial charge in [0, 0.05) is 17.3 Å². The number of nitrogens with zero attached hydrogens (tertiary/aromatic N) is 3. The summed E-state index contributed by atoms with van der Waals surface area (Å²) in [4.78, 5) is 36.8. The summed E-state index contributed by atoms with van der Waals surface area (Å²) < 4.78 is 92.1. The molecule has 0 saturated heterocycles. The minimum Gasteiger partial charge on any atom is -0.480 e. The molecule has 1 atom stereocenters. The van der Waals surface area contributed by atoms with Gasteiger partial charge in [0.2, 0.25) is 15.8 Å². The first-order valence-electron chi connectivity index (χ1n) is 13.6. The maximum atomic E-state index is 15.1. The van der Waals surface area contributed by atoms with Crippen molar-refractivity contribution in [3.63, 3.8) is 0 Å². The number of nitro groups is 1. The minimum atomic E-state index is -5.06. The number of ether oxygens (including phenoxy) is 1. The lowest BCUT2D eigenvalue weighted by Gasteiger charge is -2.19. The van der Waals surface area contributed by atoms with Crippen molar-refractivity contribution in [3.05, 3.63) is 87.7 Å². The molecule has 4 aromatic rings. The minimum absolute atomic E-state index is 0.00463. The van der Waals surface area contributed by atoms with Crippen LogP contribution in [0.1, 0.15) is 31.9 Å². The van der Waals surface area contributed by atoms with Crippen LogP contribution < -0.4 is 10.0 Å². The summed E-state index contributed by atoms with van der Waals surface area (Å²) in [5, 5.41) is 27.3. The van der Waals surface area contributed by atoms with Crippen molar-refractivity contribution in [1.82, 2.24) is 14.9 Å². The van der Waals surface area contributed by atoms with E-state index in [1.807, 2.05) is 0 Å². The largest absolute Gasteiger partial charge is 0.480 e. The van der Waals surface area contributed by atoms with Crippen LogP contribution in [-0.2, 0) is 32.2 Å². The lowest BCUT2D eigenvalue weighted by molar-refractivity contribution is -0.388. The molecule has 1 unspecified atom stereocenters. The molecular weight excluding hydrogens is 670 g/mol. The highest BCUT2D eigenvalue weighted by Crippen LogP contribution is 2.35. The molecule has 0 bridgehead atoms. The number of nitrogens with one attached hydrogen (secondary N) is 2. The highest BCUT2D eigenvalue weighted by Gasteiger charge is 2.37. The molecule has 254 valence electrons. The summed E-state index contributed by atoms with van der Waals surface area (Å²) in [7, 11) is -5.06. The molecule has 0 radical (unpaired) electrons. The Morgan fingerprint density at radius 2 is 1.73 bits per heavy atom. The van der Waals surface area contributed by atoms with E-state index in [1.54, 1.807) is 49.8 Å². The molecule has 48 heavy (non-hydrogen) atoms. The van der Waals surface area contributed by atoms with E-state index in [9.17, 15) is 46.4 Å². The number of anilines is 1. The fraction of sp³-hybridized carbons (Fsp3) is 0.241. The molecule has 1 amide bonds. The zero-order chi connectivity index (χ0) is 35.6. The summed E-state index contributed by atoms with van der Waals surface area (Å²) in [6.07, 6.45) is -6.34. The van der Waals surface area contributed by atoms with E-state index in [1.165, 1.54) is 12.1 Å². The second-order valence-electron chi connectivity index (χ2n) is 11.1. The van der Waals surface area contributed by atoms with E-state index in [2.05, 4.69) is 15.5 Å². The van der Waals surface area contributed by atoms with Crippen molar-refractivity contribution in [3.8, 4) is 22.8 Å². The van der Waals surface area contributed by atoms with Crippen LogP contribution in [0.3, 0.4) is 0 Å². The monoisotopic (exact) mass is 695 g/mol. The summed E-state index contributed by atoms with van der Waals surface area (Å²) in [6, 6.07) is 8.14. The van der Waals surface area contributed by atoms with E-state index in [-0.39, 0.29) is 28.9 Å². The number of carboxylic acid groups (broad SMARTS) is 1. The number of amides is 1. The Balaban J connectivity index is 1.50. The molecule has 14 nitrogen and oxygen atoms in total. The summed E-state index contributed by atoms with van der Waals surface area (Å²) in [5.74, 6) is -2.89. The first-order valence-corrected chi connectivity index (χ1v) is 15.1. The number of carbonyl (C=O) groups is 2. The van der Waals surface area contributed by atoms with Crippen LogP contribution in [0.5, 0.6) is 0 Å². The topological polar surface area (TPSA) is 204 Å². The summed E-state index contributed by atoms with van der Waals surface area (Å²) >= 11 is 0. The predicted molar refractivity (Wildman–Crippen MR) is 159 cm³/mol. The van der Waals surface area contributed by atoms with Crippen molar-refractivity contribution in [1.29, 1.82) is 0 Å². The lowest BCUT2D eigenvalue weighted by Crippen LogP contribution is -2.42. The SMILES string of the molecule is CC(C)(C)OC(=O)Nc1ccc(-c2nc(-c3ccc(CC(NS(=O)(=O)c4ccc(C(F)(F)F)cc4[N+](=O)[O-])C(=O)O)cc3F)no2)cc1. The standard InChI is InChI=1S/C29H25F4N5O9S/c1-28(2,3)46-27(41)34-18-8-5-16(6-9-18)25-35-24(36-47-25)19-10-4-15(12-20(19)30)13-21(26(39)40)37-48(44,45)23-11-7-17(29(31,32)33)14-22(23)38(42)43/h4-12,14,21,37H,13H2,1-3H3,(H,34,41)(H,39,40). The zero-order valence-corrected chi connectivity index (χ0v) is 25.8. The van der Waals surface area contributed by atoms with Crippen LogP contribution in [-0.4, -0.2) is 52.3 Å². The lowest BCUT2D eigenvalue weighted by atomic mass is 10.0. The summed E-state index contributed by atoms with van der Waals surface area (Å²) in [6.45, 7) is 5.13. The molecule has 0 saturated carbocycles. The Morgan fingerprint density at radius 3 is 2.29 bits per heavy atom. The molecule has 0 aliphatic carbocycles. The first kappa shape index (κ1) is 35.4. The van der Waals surface area contributed by atoms with Crippen molar-refractivity contribution in [2.24, 2.45) is 0 Å². The maximum Gasteiger partial charge on any atom is 0.416 e. The molecule has 1 heterocycles. The Bertz CT molecular complexity index is 1980. The molecule has 3 N–H and O–H groups in total. The van der Waals surface area contributed by atoms with E-state index in [4.69, 9.17) is 9.26 Å². The number of hydrogen-bond acceptors (Lipinski definition) is 10. The number of benzene rings is 3. The predicted octanol–water partition coefficient (Wildman–Crippen LogP) is 5.79. The van der Waals surface area contributed by atoms with Crippen molar-refractivity contribution < 1.29 is 54.9 Å². The van der Waals surface area contributed by atoms with Crippen LogP contribution in [0.15, 0.2) is 70.1 Å². The van der Waals surface area contributed by atoms with Crippen LogP contribution in [0.2, 0.25) is 0 Å². The number of nitro benzene ring substituents is 1. The fourth-order valence-corrected chi connectivity index (χ4v) is 5.51. The Labute approximate surface area is 268 Å². The van der Waals surface area contributed by atoms with Gasteiger partial charge in [0.25, 0.3) is 11.6 Å². The van der Waals surface area contributed by atoms with Gasteiger partial charge in [-0.05, 0) is 81.3 Å². The third kappa shape index (κ3) is 8.68. The van der Waals surface area contributed by atoms with Gasteiger partial charge in [-0.25, -0.2) is 17.6 Å². The third-order valence-corrected chi connectivity index (χ3v) is 7.80. The molecule has 3 aromatic carbocycles. The van der Waals surface area contributed by atoms with E-state index >= 15 is 4.39 Å². The molecule has 4 rings (SSSR count). The average molecular weight is 696 g/mol. The van der Waals surface area contributed by atoms with Gasteiger partial charge in [-0.15, -0.1) is 0 Å². The van der Waals surface area contributed by atoms with Gasteiger partial charge in [0.05, 0.1) is 16.1 Å². The smallest absolute Gasteiger partial charge is 0.416 e. The Morgan fingerprint density at radius 1 is 1.06 bits per heavy atom. The highest BCUT2D eigenvalue weighted by atomic mass is 32.2. The normalized spacial score (nSPS) is 12.7. The number of alkyl halides is 3. The van der Waals surface area contributed by atoms with Crippen LogP contribution >= 0.6 is 0 Å². The first-order chi connectivity index (χ1) is 22.2. The van der Waals surface area contributed by atoms with Crippen LogP contribution in [0, 0.1) is 15.9 Å². The molecule has 0 aliphatic heterocycles. The van der Waals surface area contributed by atoms with Gasteiger partial charge in [-0.2, -0.15) is 22.9 Å². The number of sulfonamides is 1. The van der Waals surface area contributed by atoms with Crippen molar-refractivity contribution >= 4 is 33.5 Å². The van der Waals surface area contributed by atoms with Gasteiger partial charge in [0.15, 0.2) is 4.90 Å². The maximum absolute atomic E-state index is 15.1. The van der Waals surface area contributed by atoms with Crippen molar-refractivity contribution in [2.45, 2.75) is 49.9 Å². The number of halogens is 4. The quantitative estimate of drug-likeness (QED) is 0.103. The molecular formula is C29H25F4N5O9S. The second kappa shape index (κ2) is 13.4. The molecule has 19 heteroatoms. The number of rotatable bonds is 10. The van der Waals surface area contributed by atoms with Gasteiger partial charge in [-0.3, -0.25) is 20.2 Å². The van der Waals surface area contributed by atoms with Crippen LogP contribution in [0.25, 0.3) is 22.8 Å². The van der Waals surface area contributed by atoms with Crippen molar-refractivity contribution in [2.75, 3.05) is 5.32 Å². The van der Waals surface area contributed by atoms with Gasteiger partial charge in [0.1, 0.15) is 17.5 Å². The van der Waals surface area contributed by atoms with E-state index in [0.29, 0.717) is 23.4 Å². The van der Waals surface area contributed by atoms with E-state index in [0.717, 1.165) is 6.07 Å². The average Bonchev–Trinajstić information content (AvgIpc) is 3.45. The Hall–Kier alpha value is -5.43. The third-order valence-electron chi connectivity index (χ3n) is 6.29. The Kier molecular flexibility index (Phi) is 9.86.